The number of nitrogens with zero attached hydrogens (tertiary/aromatic N) is 2. The Morgan fingerprint density at radius 2 is 1.84 bits per heavy atom. The smallest absolute Gasteiger partial charge is 0.147 e. The first kappa shape index (κ1) is 16.2. The highest BCUT2D eigenvalue weighted by atomic mass is 35.5. The lowest BCUT2D eigenvalue weighted by Crippen LogP contribution is -2.48. The molecular formula is C20H19ClN2O2. The second-order valence-electron chi connectivity index (χ2n) is 6.51. The third-order valence-electron chi connectivity index (χ3n) is 4.81. The number of hydrogen-bond acceptors (Lipinski definition) is 3. The highest BCUT2D eigenvalue weighted by Crippen LogP contribution is 2.54. The summed E-state index contributed by atoms with van der Waals surface area (Å²) in [6, 6.07) is 17.0. The standard InChI is InChI=1S/C20H19ClN2O2/c21-17-8-6-16(7-9-17)20(24,14-23-13-12-22-15-23)19(10-11-19)25-18-4-2-1-3-5-18/h1-9,12-13,15,24H,10-11,14H2. The molecule has 1 atom stereocenters. The minimum atomic E-state index is -1.19. The van der Waals surface area contributed by atoms with Crippen LogP contribution in [0.5, 0.6) is 5.75 Å². The summed E-state index contributed by atoms with van der Waals surface area (Å²) in [5.74, 6) is 0.762. The van der Waals surface area contributed by atoms with Gasteiger partial charge >= 0.3 is 0 Å². The summed E-state index contributed by atoms with van der Waals surface area (Å²) in [5.41, 5.74) is -1.06. The van der Waals surface area contributed by atoms with Crippen LogP contribution >= 0.6 is 11.6 Å². The van der Waals surface area contributed by atoms with Crippen molar-refractivity contribution in [1.29, 1.82) is 0 Å². The van der Waals surface area contributed by atoms with Gasteiger partial charge in [0, 0.05) is 17.4 Å². The molecule has 4 rings (SSSR count). The van der Waals surface area contributed by atoms with Crippen LogP contribution in [-0.4, -0.2) is 20.3 Å². The fraction of sp³-hybridized carbons (Fsp3) is 0.250. The van der Waals surface area contributed by atoms with E-state index < -0.39 is 11.2 Å². The Labute approximate surface area is 151 Å². The van der Waals surface area contributed by atoms with Gasteiger partial charge in [0.2, 0.25) is 0 Å². The molecule has 1 heterocycles. The molecule has 25 heavy (non-hydrogen) atoms. The van der Waals surface area contributed by atoms with E-state index in [0.717, 1.165) is 24.2 Å². The Balaban J connectivity index is 1.73. The van der Waals surface area contributed by atoms with Gasteiger partial charge in [-0.05, 0) is 42.7 Å². The molecular weight excluding hydrogens is 336 g/mol. The van der Waals surface area contributed by atoms with Gasteiger partial charge in [0.1, 0.15) is 17.0 Å². The van der Waals surface area contributed by atoms with E-state index in [0.29, 0.717) is 11.6 Å². The van der Waals surface area contributed by atoms with Crippen LogP contribution in [-0.2, 0) is 12.1 Å². The van der Waals surface area contributed by atoms with Gasteiger partial charge in [-0.2, -0.15) is 0 Å². The number of rotatable bonds is 6. The minimum absolute atomic E-state index is 0.363. The largest absolute Gasteiger partial charge is 0.484 e. The van der Waals surface area contributed by atoms with Gasteiger partial charge in [-0.15, -0.1) is 0 Å². The summed E-state index contributed by atoms with van der Waals surface area (Å²) in [6.45, 7) is 0.363. The van der Waals surface area contributed by atoms with Crippen molar-refractivity contribution in [3.63, 3.8) is 0 Å². The van der Waals surface area contributed by atoms with Crippen molar-refractivity contribution >= 4 is 11.6 Å². The van der Waals surface area contributed by atoms with Crippen LogP contribution in [0.2, 0.25) is 5.02 Å². The molecule has 5 heteroatoms. The number of para-hydroxylation sites is 1. The average Bonchev–Trinajstić information content (AvgIpc) is 3.23. The molecule has 2 aromatic carbocycles. The molecule has 3 aromatic rings. The quantitative estimate of drug-likeness (QED) is 0.726. The number of halogens is 1. The van der Waals surface area contributed by atoms with E-state index in [1.54, 1.807) is 24.7 Å². The number of benzene rings is 2. The summed E-state index contributed by atoms with van der Waals surface area (Å²) >= 11 is 6.04. The van der Waals surface area contributed by atoms with E-state index in [1.165, 1.54) is 0 Å². The van der Waals surface area contributed by atoms with Crippen LogP contribution in [0, 0.1) is 0 Å². The Morgan fingerprint density at radius 1 is 1.12 bits per heavy atom. The first-order valence-electron chi connectivity index (χ1n) is 8.30. The Hall–Kier alpha value is -2.30. The molecule has 4 nitrogen and oxygen atoms in total. The van der Waals surface area contributed by atoms with E-state index in [-0.39, 0.29) is 0 Å². The summed E-state index contributed by atoms with van der Waals surface area (Å²) < 4.78 is 8.17. The van der Waals surface area contributed by atoms with Crippen LogP contribution in [0.4, 0.5) is 0 Å². The number of imidazole rings is 1. The molecule has 0 aliphatic heterocycles. The second-order valence-corrected chi connectivity index (χ2v) is 6.95. The van der Waals surface area contributed by atoms with Gasteiger partial charge in [0.15, 0.2) is 0 Å². The molecule has 0 radical (unpaired) electrons. The van der Waals surface area contributed by atoms with Crippen molar-refractivity contribution in [3.8, 4) is 5.75 Å². The molecule has 0 spiro atoms. The first-order chi connectivity index (χ1) is 12.1. The van der Waals surface area contributed by atoms with E-state index in [2.05, 4.69) is 4.98 Å². The van der Waals surface area contributed by atoms with Gasteiger partial charge in [-0.1, -0.05) is 41.9 Å². The molecule has 1 N–H and O–H groups in total. The zero-order chi connectivity index (χ0) is 17.3. The molecule has 1 aliphatic carbocycles. The summed E-state index contributed by atoms with van der Waals surface area (Å²) in [6.07, 6.45) is 6.84. The molecule has 0 amide bonds. The van der Waals surface area contributed by atoms with Crippen molar-refractivity contribution in [3.05, 3.63) is 83.9 Å². The predicted octanol–water partition coefficient (Wildman–Crippen LogP) is 4.04. The van der Waals surface area contributed by atoms with Crippen molar-refractivity contribution in [1.82, 2.24) is 9.55 Å². The zero-order valence-corrected chi connectivity index (χ0v) is 14.4. The maximum Gasteiger partial charge on any atom is 0.147 e. The molecule has 1 aromatic heterocycles. The molecule has 0 saturated heterocycles. The molecule has 128 valence electrons. The van der Waals surface area contributed by atoms with E-state index >= 15 is 0 Å². The third-order valence-corrected chi connectivity index (χ3v) is 5.06. The Morgan fingerprint density at radius 3 is 2.44 bits per heavy atom. The van der Waals surface area contributed by atoms with Gasteiger partial charge in [-0.3, -0.25) is 0 Å². The first-order valence-corrected chi connectivity index (χ1v) is 8.67. The number of aromatic nitrogens is 2. The van der Waals surface area contributed by atoms with Crippen molar-refractivity contribution < 1.29 is 9.84 Å². The van der Waals surface area contributed by atoms with Gasteiger partial charge in [-0.25, -0.2) is 4.98 Å². The molecule has 0 bridgehead atoms. The maximum atomic E-state index is 11.8. The minimum Gasteiger partial charge on any atom is -0.484 e. The molecule has 1 aliphatic rings. The molecule has 1 fully saturated rings. The lowest BCUT2D eigenvalue weighted by atomic mass is 9.85. The van der Waals surface area contributed by atoms with Gasteiger partial charge < -0.3 is 14.4 Å². The van der Waals surface area contributed by atoms with E-state index in [4.69, 9.17) is 16.3 Å². The van der Waals surface area contributed by atoms with Crippen LogP contribution in [0.15, 0.2) is 73.3 Å². The van der Waals surface area contributed by atoms with Crippen molar-refractivity contribution in [2.75, 3.05) is 0 Å². The lowest BCUT2D eigenvalue weighted by molar-refractivity contribution is -0.0962. The van der Waals surface area contributed by atoms with E-state index in [1.807, 2.05) is 53.2 Å². The Kier molecular flexibility index (Phi) is 4.02. The van der Waals surface area contributed by atoms with Crippen LogP contribution in [0.25, 0.3) is 0 Å². The zero-order valence-electron chi connectivity index (χ0n) is 13.7. The van der Waals surface area contributed by atoms with Gasteiger partial charge in [0.25, 0.3) is 0 Å². The SMILES string of the molecule is OC(Cn1ccnc1)(c1ccc(Cl)cc1)C1(Oc2ccccc2)CC1. The summed E-state index contributed by atoms with van der Waals surface area (Å²) in [4.78, 5) is 4.09. The van der Waals surface area contributed by atoms with Gasteiger partial charge in [0.05, 0.1) is 12.9 Å². The van der Waals surface area contributed by atoms with Crippen LogP contribution in [0.3, 0.4) is 0 Å². The average molecular weight is 355 g/mol. The number of ether oxygens (including phenoxy) is 1. The van der Waals surface area contributed by atoms with Crippen molar-refractivity contribution in [2.45, 2.75) is 30.6 Å². The monoisotopic (exact) mass is 354 g/mol. The highest BCUT2D eigenvalue weighted by molar-refractivity contribution is 6.30. The molecule has 1 saturated carbocycles. The number of aliphatic hydroxyl groups is 1. The fourth-order valence-corrected chi connectivity index (χ4v) is 3.42. The predicted molar refractivity (Wildman–Crippen MR) is 96.6 cm³/mol. The number of hydrogen-bond donors (Lipinski definition) is 1. The lowest BCUT2D eigenvalue weighted by Gasteiger charge is -2.37. The second kappa shape index (κ2) is 6.21. The van der Waals surface area contributed by atoms with Crippen LogP contribution < -0.4 is 4.74 Å². The maximum absolute atomic E-state index is 11.8. The third kappa shape index (κ3) is 3.03. The summed E-state index contributed by atoms with van der Waals surface area (Å²) in [7, 11) is 0. The Bertz CT molecular complexity index is 830. The fourth-order valence-electron chi connectivity index (χ4n) is 3.30. The summed E-state index contributed by atoms with van der Waals surface area (Å²) in [5, 5.41) is 12.4. The van der Waals surface area contributed by atoms with E-state index in [9.17, 15) is 5.11 Å². The normalized spacial score (nSPS) is 17.7. The molecule has 1 unspecified atom stereocenters. The van der Waals surface area contributed by atoms with Crippen molar-refractivity contribution in [2.24, 2.45) is 0 Å². The topological polar surface area (TPSA) is 47.3 Å². The van der Waals surface area contributed by atoms with Crippen LogP contribution in [0.1, 0.15) is 18.4 Å². The highest BCUT2D eigenvalue weighted by Gasteiger charge is 2.62.